The fourth-order valence-corrected chi connectivity index (χ4v) is 2.52. The first kappa shape index (κ1) is 12.2. The van der Waals surface area contributed by atoms with Gasteiger partial charge in [-0.2, -0.15) is 5.10 Å². The number of nitrogens with one attached hydrogen (secondary N) is 1. The average Bonchev–Trinajstić information content (AvgIpc) is 2.89. The summed E-state index contributed by atoms with van der Waals surface area (Å²) in [5, 5.41) is 7.56. The molecule has 3 N–H and O–H groups in total. The van der Waals surface area contributed by atoms with Gasteiger partial charge in [0.2, 0.25) is 0 Å². The van der Waals surface area contributed by atoms with Crippen LogP contribution in [0.2, 0.25) is 0 Å². The molecule has 1 saturated carbocycles. The Bertz CT molecular complexity index is 354. The van der Waals surface area contributed by atoms with Gasteiger partial charge in [-0.1, -0.05) is 12.8 Å². The molecule has 1 aromatic heterocycles. The largest absolute Gasteiger partial charge is 0.394 e. The molecule has 1 fully saturated rings. The third-order valence-electron chi connectivity index (χ3n) is 3.56. The second-order valence-electron chi connectivity index (χ2n) is 4.95. The predicted molar refractivity (Wildman–Crippen MR) is 71.0 cm³/mol. The van der Waals surface area contributed by atoms with Crippen LogP contribution in [0.5, 0.6) is 0 Å². The molecule has 0 aliphatic heterocycles. The lowest BCUT2D eigenvalue weighted by Crippen LogP contribution is -2.33. The summed E-state index contributed by atoms with van der Waals surface area (Å²) in [7, 11) is 4.09. The number of hydrogen-bond acceptors (Lipinski definition) is 4. The minimum Gasteiger partial charge on any atom is -0.394 e. The van der Waals surface area contributed by atoms with Crippen molar-refractivity contribution in [1.82, 2.24) is 14.7 Å². The number of aryl methyl sites for hydroxylation is 1. The molecule has 5 nitrogen and oxygen atoms in total. The second kappa shape index (κ2) is 5.40. The predicted octanol–water partition coefficient (Wildman–Crippen LogP) is 1.29. The fraction of sp³-hybridized carbons (Fsp3) is 0.750. The van der Waals surface area contributed by atoms with Crippen molar-refractivity contribution in [2.24, 2.45) is 7.05 Å². The molecule has 1 aliphatic carbocycles. The number of nitrogens with two attached hydrogens (primary N) is 1. The van der Waals surface area contributed by atoms with Crippen molar-refractivity contribution in [2.75, 3.05) is 31.2 Å². The summed E-state index contributed by atoms with van der Waals surface area (Å²) in [6.45, 7) is 1.94. The van der Waals surface area contributed by atoms with Gasteiger partial charge in [-0.25, -0.2) is 0 Å². The van der Waals surface area contributed by atoms with Crippen LogP contribution in [-0.2, 0) is 7.05 Å². The minimum absolute atomic E-state index is 0.719. The maximum atomic E-state index is 5.82. The Morgan fingerprint density at radius 3 is 2.82 bits per heavy atom. The van der Waals surface area contributed by atoms with E-state index >= 15 is 0 Å². The Morgan fingerprint density at radius 1 is 1.53 bits per heavy atom. The highest BCUT2D eigenvalue weighted by molar-refractivity contribution is 5.59. The van der Waals surface area contributed by atoms with Crippen molar-refractivity contribution >= 4 is 11.5 Å². The topological polar surface area (TPSA) is 59.1 Å². The van der Waals surface area contributed by atoms with Crippen LogP contribution < -0.4 is 11.1 Å². The van der Waals surface area contributed by atoms with Gasteiger partial charge in [0, 0.05) is 32.4 Å². The highest BCUT2D eigenvalue weighted by Gasteiger charge is 2.18. The first-order valence-corrected chi connectivity index (χ1v) is 6.40. The molecule has 0 bridgehead atoms. The lowest BCUT2D eigenvalue weighted by Gasteiger charge is -2.23. The summed E-state index contributed by atoms with van der Waals surface area (Å²) in [6.07, 6.45) is 7.29. The SMILES string of the molecule is CN(CCNc1nn(C)cc1N)C1CCCC1. The Kier molecular flexibility index (Phi) is 3.89. The zero-order valence-corrected chi connectivity index (χ0v) is 10.8. The number of rotatable bonds is 5. The minimum atomic E-state index is 0.719. The molecule has 0 unspecified atom stereocenters. The molecule has 0 saturated heterocycles. The lowest BCUT2D eigenvalue weighted by molar-refractivity contribution is 0.254. The quantitative estimate of drug-likeness (QED) is 0.810. The number of nitrogens with zero attached hydrogens (tertiary/aromatic N) is 3. The molecule has 1 aromatic rings. The summed E-state index contributed by atoms with van der Waals surface area (Å²) >= 11 is 0. The van der Waals surface area contributed by atoms with E-state index in [1.807, 2.05) is 13.2 Å². The maximum Gasteiger partial charge on any atom is 0.171 e. The molecule has 5 heteroatoms. The van der Waals surface area contributed by atoms with Crippen LogP contribution in [-0.4, -0.2) is 40.9 Å². The van der Waals surface area contributed by atoms with Crippen molar-refractivity contribution in [1.29, 1.82) is 0 Å². The summed E-state index contributed by atoms with van der Waals surface area (Å²) < 4.78 is 1.73. The molecule has 0 atom stereocenters. The third kappa shape index (κ3) is 3.12. The number of hydrogen-bond donors (Lipinski definition) is 2. The van der Waals surface area contributed by atoms with E-state index in [2.05, 4.69) is 22.4 Å². The highest BCUT2D eigenvalue weighted by atomic mass is 15.3. The van der Waals surface area contributed by atoms with Gasteiger partial charge >= 0.3 is 0 Å². The van der Waals surface area contributed by atoms with Gasteiger partial charge in [0.1, 0.15) is 0 Å². The van der Waals surface area contributed by atoms with E-state index in [1.54, 1.807) is 4.68 Å². The Hall–Kier alpha value is -1.23. The lowest BCUT2D eigenvalue weighted by atomic mass is 10.2. The second-order valence-corrected chi connectivity index (χ2v) is 4.95. The van der Waals surface area contributed by atoms with E-state index in [4.69, 9.17) is 5.73 Å². The average molecular weight is 237 g/mol. The van der Waals surface area contributed by atoms with Crippen LogP contribution >= 0.6 is 0 Å². The molecule has 0 aromatic carbocycles. The Morgan fingerprint density at radius 2 is 2.24 bits per heavy atom. The highest BCUT2D eigenvalue weighted by Crippen LogP contribution is 2.22. The van der Waals surface area contributed by atoms with Crippen LogP contribution in [0.3, 0.4) is 0 Å². The van der Waals surface area contributed by atoms with Gasteiger partial charge in [0.25, 0.3) is 0 Å². The molecule has 1 aliphatic rings. The smallest absolute Gasteiger partial charge is 0.171 e. The van der Waals surface area contributed by atoms with E-state index in [0.29, 0.717) is 0 Å². The van der Waals surface area contributed by atoms with E-state index in [0.717, 1.165) is 30.6 Å². The van der Waals surface area contributed by atoms with Gasteiger partial charge in [-0.05, 0) is 19.9 Å². The summed E-state index contributed by atoms with van der Waals surface area (Å²) in [5.41, 5.74) is 6.54. The van der Waals surface area contributed by atoms with Crippen LogP contribution in [0.4, 0.5) is 11.5 Å². The van der Waals surface area contributed by atoms with Crippen molar-refractivity contribution in [2.45, 2.75) is 31.7 Å². The van der Waals surface area contributed by atoms with Crippen LogP contribution in [0.15, 0.2) is 6.20 Å². The number of aromatic nitrogens is 2. The van der Waals surface area contributed by atoms with Gasteiger partial charge in [-0.3, -0.25) is 4.68 Å². The van der Waals surface area contributed by atoms with Gasteiger partial charge < -0.3 is 16.0 Å². The van der Waals surface area contributed by atoms with Crippen LogP contribution in [0.25, 0.3) is 0 Å². The number of nitrogen functional groups attached to an aromatic ring is 1. The Balaban J connectivity index is 1.73. The van der Waals surface area contributed by atoms with Crippen LogP contribution in [0, 0.1) is 0 Å². The van der Waals surface area contributed by atoms with E-state index in [9.17, 15) is 0 Å². The number of anilines is 2. The van der Waals surface area contributed by atoms with Gasteiger partial charge in [-0.15, -0.1) is 0 Å². The van der Waals surface area contributed by atoms with Crippen LogP contribution in [0.1, 0.15) is 25.7 Å². The van der Waals surface area contributed by atoms with Crippen molar-refractivity contribution < 1.29 is 0 Å². The van der Waals surface area contributed by atoms with Gasteiger partial charge in [0.15, 0.2) is 5.82 Å². The van der Waals surface area contributed by atoms with Gasteiger partial charge in [0.05, 0.1) is 5.69 Å². The first-order valence-electron chi connectivity index (χ1n) is 6.40. The number of likely N-dealkylation sites (N-methyl/N-ethyl adjacent to an activating group) is 1. The van der Waals surface area contributed by atoms with Crippen molar-refractivity contribution in [3.05, 3.63) is 6.20 Å². The molecule has 0 radical (unpaired) electrons. The molecular formula is C12H23N5. The molecule has 1 heterocycles. The molecule has 17 heavy (non-hydrogen) atoms. The zero-order valence-electron chi connectivity index (χ0n) is 10.8. The van der Waals surface area contributed by atoms with E-state index in [-0.39, 0.29) is 0 Å². The standard InChI is InChI=1S/C12H23N5/c1-16(10-5-3-4-6-10)8-7-14-12-11(13)9-17(2)15-12/h9-10H,3-8,13H2,1-2H3,(H,14,15). The molecule has 0 amide bonds. The third-order valence-corrected chi connectivity index (χ3v) is 3.56. The summed E-state index contributed by atoms with van der Waals surface area (Å²) in [4.78, 5) is 2.44. The fourth-order valence-electron chi connectivity index (χ4n) is 2.52. The molecule has 2 rings (SSSR count). The molecule has 0 spiro atoms. The van der Waals surface area contributed by atoms with E-state index in [1.165, 1.54) is 25.7 Å². The molecule has 96 valence electrons. The zero-order chi connectivity index (χ0) is 12.3. The Labute approximate surface area is 103 Å². The first-order chi connectivity index (χ1) is 8.16. The molecular weight excluding hydrogens is 214 g/mol. The van der Waals surface area contributed by atoms with Crippen molar-refractivity contribution in [3.63, 3.8) is 0 Å². The summed E-state index contributed by atoms with van der Waals surface area (Å²) in [6, 6.07) is 0.776. The summed E-state index contributed by atoms with van der Waals surface area (Å²) in [5.74, 6) is 0.798. The normalized spacial score (nSPS) is 16.9. The monoisotopic (exact) mass is 237 g/mol. The maximum absolute atomic E-state index is 5.82. The van der Waals surface area contributed by atoms with E-state index < -0.39 is 0 Å². The van der Waals surface area contributed by atoms with Crippen molar-refractivity contribution in [3.8, 4) is 0 Å².